The summed E-state index contributed by atoms with van der Waals surface area (Å²) in [5, 5.41) is 3.25. The molecule has 1 unspecified atom stereocenters. The zero-order valence-corrected chi connectivity index (χ0v) is 10.6. The van der Waals surface area contributed by atoms with Gasteiger partial charge in [-0.25, -0.2) is 0 Å². The molecule has 1 aromatic rings. The van der Waals surface area contributed by atoms with E-state index in [0.29, 0.717) is 0 Å². The van der Waals surface area contributed by atoms with Crippen LogP contribution < -0.4 is 5.32 Å². The second-order valence-corrected chi connectivity index (χ2v) is 4.66. The SMILES string of the molecule is CCC1NCCN(Cc2cccc(C)c2)C1=O. The number of piperazine rings is 1. The summed E-state index contributed by atoms with van der Waals surface area (Å²) >= 11 is 0. The molecule has 1 atom stereocenters. The fourth-order valence-corrected chi connectivity index (χ4v) is 2.30. The molecule has 1 amide bonds. The van der Waals surface area contributed by atoms with Gasteiger partial charge in [0.2, 0.25) is 5.91 Å². The van der Waals surface area contributed by atoms with E-state index in [1.165, 1.54) is 11.1 Å². The molecule has 92 valence electrons. The van der Waals surface area contributed by atoms with Crippen LogP contribution in [0.25, 0.3) is 0 Å². The van der Waals surface area contributed by atoms with Crippen LogP contribution in [0.4, 0.5) is 0 Å². The van der Waals surface area contributed by atoms with Gasteiger partial charge in [0.15, 0.2) is 0 Å². The largest absolute Gasteiger partial charge is 0.336 e. The Morgan fingerprint density at radius 1 is 1.47 bits per heavy atom. The second-order valence-electron chi connectivity index (χ2n) is 4.66. The predicted molar refractivity (Wildman–Crippen MR) is 68.7 cm³/mol. The zero-order valence-electron chi connectivity index (χ0n) is 10.6. The molecule has 1 aromatic carbocycles. The van der Waals surface area contributed by atoms with Crippen molar-refractivity contribution in [1.29, 1.82) is 0 Å². The van der Waals surface area contributed by atoms with Gasteiger partial charge in [-0.3, -0.25) is 4.79 Å². The number of hydrogen-bond acceptors (Lipinski definition) is 2. The lowest BCUT2D eigenvalue weighted by Gasteiger charge is -2.32. The fourth-order valence-electron chi connectivity index (χ4n) is 2.30. The maximum atomic E-state index is 12.1. The van der Waals surface area contributed by atoms with E-state index in [9.17, 15) is 4.79 Å². The number of aryl methyl sites for hydroxylation is 1. The second kappa shape index (κ2) is 5.32. The fraction of sp³-hybridized carbons (Fsp3) is 0.500. The Labute approximate surface area is 103 Å². The Kier molecular flexibility index (Phi) is 3.79. The van der Waals surface area contributed by atoms with E-state index in [-0.39, 0.29) is 11.9 Å². The standard InChI is InChI=1S/C14H20N2O/c1-3-13-14(17)16(8-7-15-13)10-12-6-4-5-11(2)9-12/h4-6,9,13,15H,3,7-8,10H2,1-2H3. The molecule has 3 heteroatoms. The van der Waals surface area contributed by atoms with Crippen molar-refractivity contribution in [3.63, 3.8) is 0 Å². The Morgan fingerprint density at radius 2 is 2.29 bits per heavy atom. The Hall–Kier alpha value is -1.35. The highest BCUT2D eigenvalue weighted by atomic mass is 16.2. The molecule has 0 spiro atoms. The van der Waals surface area contributed by atoms with E-state index < -0.39 is 0 Å². The van der Waals surface area contributed by atoms with E-state index in [2.05, 4.69) is 36.5 Å². The van der Waals surface area contributed by atoms with Gasteiger partial charge in [0, 0.05) is 19.6 Å². The Balaban J connectivity index is 2.05. The molecular formula is C14H20N2O. The highest BCUT2D eigenvalue weighted by Crippen LogP contribution is 2.11. The van der Waals surface area contributed by atoms with Gasteiger partial charge < -0.3 is 10.2 Å². The summed E-state index contributed by atoms with van der Waals surface area (Å²) in [4.78, 5) is 14.1. The molecule has 0 aliphatic carbocycles. The molecule has 1 heterocycles. The van der Waals surface area contributed by atoms with Gasteiger partial charge in [-0.2, -0.15) is 0 Å². The molecule has 1 aliphatic rings. The van der Waals surface area contributed by atoms with Crippen molar-refractivity contribution >= 4 is 5.91 Å². The van der Waals surface area contributed by atoms with E-state index in [0.717, 1.165) is 26.1 Å². The Bertz CT molecular complexity index is 403. The maximum Gasteiger partial charge on any atom is 0.240 e. The molecule has 1 saturated heterocycles. The average molecular weight is 232 g/mol. The van der Waals surface area contributed by atoms with Crippen LogP contribution in [0, 0.1) is 6.92 Å². The first kappa shape index (κ1) is 12.1. The van der Waals surface area contributed by atoms with Crippen LogP contribution in [-0.4, -0.2) is 29.9 Å². The van der Waals surface area contributed by atoms with Crippen molar-refractivity contribution in [2.45, 2.75) is 32.9 Å². The van der Waals surface area contributed by atoms with Crippen molar-refractivity contribution in [2.75, 3.05) is 13.1 Å². The summed E-state index contributed by atoms with van der Waals surface area (Å²) in [6.45, 7) is 6.57. The lowest BCUT2D eigenvalue weighted by molar-refractivity contribution is -0.136. The summed E-state index contributed by atoms with van der Waals surface area (Å²) in [6.07, 6.45) is 0.864. The van der Waals surface area contributed by atoms with Crippen LogP contribution in [0.5, 0.6) is 0 Å². The van der Waals surface area contributed by atoms with E-state index in [1.807, 2.05) is 11.8 Å². The quantitative estimate of drug-likeness (QED) is 0.860. The van der Waals surface area contributed by atoms with Crippen molar-refractivity contribution in [1.82, 2.24) is 10.2 Å². The summed E-state index contributed by atoms with van der Waals surface area (Å²) in [5.41, 5.74) is 2.47. The third kappa shape index (κ3) is 2.86. The van der Waals surface area contributed by atoms with Crippen LogP contribution >= 0.6 is 0 Å². The number of nitrogens with one attached hydrogen (secondary N) is 1. The highest BCUT2D eigenvalue weighted by molar-refractivity contribution is 5.82. The van der Waals surface area contributed by atoms with Crippen molar-refractivity contribution < 1.29 is 4.79 Å². The van der Waals surface area contributed by atoms with Crippen LogP contribution in [0.2, 0.25) is 0 Å². The van der Waals surface area contributed by atoms with Gasteiger partial charge >= 0.3 is 0 Å². The molecule has 1 N–H and O–H groups in total. The molecule has 1 aliphatic heterocycles. The average Bonchev–Trinajstić information content (AvgIpc) is 2.32. The molecule has 3 nitrogen and oxygen atoms in total. The molecular weight excluding hydrogens is 212 g/mol. The molecule has 0 radical (unpaired) electrons. The first-order valence-electron chi connectivity index (χ1n) is 6.28. The van der Waals surface area contributed by atoms with E-state index in [4.69, 9.17) is 0 Å². The summed E-state index contributed by atoms with van der Waals surface area (Å²) in [6, 6.07) is 8.38. The Morgan fingerprint density at radius 3 is 3.00 bits per heavy atom. The van der Waals surface area contributed by atoms with Gasteiger partial charge in [-0.1, -0.05) is 36.8 Å². The van der Waals surface area contributed by atoms with Gasteiger partial charge in [0.25, 0.3) is 0 Å². The van der Waals surface area contributed by atoms with Gasteiger partial charge in [0.1, 0.15) is 0 Å². The number of hydrogen-bond donors (Lipinski definition) is 1. The number of nitrogens with zero attached hydrogens (tertiary/aromatic N) is 1. The topological polar surface area (TPSA) is 32.3 Å². The summed E-state index contributed by atoms with van der Waals surface area (Å²) in [7, 11) is 0. The monoisotopic (exact) mass is 232 g/mol. The minimum absolute atomic E-state index is 0.00793. The normalized spacial score (nSPS) is 20.7. The first-order valence-corrected chi connectivity index (χ1v) is 6.28. The predicted octanol–water partition coefficient (Wildman–Crippen LogP) is 1.71. The number of amides is 1. The number of benzene rings is 1. The van der Waals surface area contributed by atoms with Gasteiger partial charge in [-0.15, -0.1) is 0 Å². The minimum atomic E-state index is 0.00793. The third-order valence-corrected chi connectivity index (χ3v) is 3.25. The smallest absolute Gasteiger partial charge is 0.240 e. The van der Waals surface area contributed by atoms with Gasteiger partial charge in [0.05, 0.1) is 6.04 Å². The molecule has 0 aromatic heterocycles. The molecule has 17 heavy (non-hydrogen) atoms. The summed E-state index contributed by atoms with van der Waals surface area (Å²) < 4.78 is 0. The highest BCUT2D eigenvalue weighted by Gasteiger charge is 2.26. The van der Waals surface area contributed by atoms with Gasteiger partial charge in [-0.05, 0) is 18.9 Å². The molecule has 2 rings (SSSR count). The van der Waals surface area contributed by atoms with E-state index >= 15 is 0 Å². The summed E-state index contributed by atoms with van der Waals surface area (Å²) in [5.74, 6) is 0.236. The van der Waals surface area contributed by atoms with Crippen molar-refractivity contribution in [2.24, 2.45) is 0 Å². The van der Waals surface area contributed by atoms with Crippen LogP contribution in [0.1, 0.15) is 24.5 Å². The van der Waals surface area contributed by atoms with Crippen LogP contribution in [0.3, 0.4) is 0 Å². The lowest BCUT2D eigenvalue weighted by Crippen LogP contribution is -2.54. The van der Waals surface area contributed by atoms with Crippen molar-refractivity contribution in [3.8, 4) is 0 Å². The first-order chi connectivity index (χ1) is 8.20. The molecule has 1 fully saturated rings. The maximum absolute atomic E-state index is 12.1. The van der Waals surface area contributed by atoms with E-state index in [1.54, 1.807) is 0 Å². The number of rotatable bonds is 3. The minimum Gasteiger partial charge on any atom is -0.336 e. The number of carbonyl (C=O) groups is 1. The van der Waals surface area contributed by atoms with Crippen LogP contribution in [-0.2, 0) is 11.3 Å². The lowest BCUT2D eigenvalue weighted by atomic mass is 10.1. The van der Waals surface area contributed by atoms with Crippen LogP contribution in [0.15, 0.2) is 24.3 Å². The zero-order chi connectivity index (χ0) is 12.3. The molecule has 0 bridgehead atoms. The van der Waals surface area contributed by atoms with Crippen molar-refractivity contribution in [3.05, 3.63) is 35.4 Å². The number of carbonyl (C=O) groups excluding carboxylic acids is 1. The third-order valence-electron chi connectivity index (χ3n) is 3.25. The molecule has 0 saturated carbocycles.